The number of aryl methyl sites for hydroxylation is 1. The van der Waals surface area contributed by atoms with Gasteiger partial charge in [0, 0.05) is 56.4 Å². The van der Waals surface area contributed by atoms with E-state index in [9.17, 15) is 0 Å². The summed E-state index contributed by atoms with van der Waals surface area (Å²) in [6, 6.07) is 10.4. The van der Waals surface area contributed by atoms with E-state index in [2.05, 4.69) is 68.2 Å². The van der Waals surface area contributed by atoms with Gasteiger partial charge < -0.3 is 4.90 Å². The summed E-state index contributed by atoms with van der Waals surface area (Å²) in [4.78, 5) is 13.5. The quantitative estimate of drug-likeness (QED) is 0.687. The Morgan fingerprint density at radius 2 is 1.71 bits per heavy atom. The van der Waals surface area contributed by atoms with Crippen LogP contribution in [0.2, 0.25) is 0 Å². The van der Waals surface area contributed by atoms with Crippen LogP contribution in [0.25, 0.3) is 12.0 Å². The van der Waals surface area contributed by atoms with Gasteiger partial charge in [-0.25, -0.2) is 14.6 Å². The molecular formula is C22H26N6. The first-order chi connectivity index (χ1) is 13.7. The van der Waals surface area contributed by atoms with E-state index in [1.807, 2.05) is 19.2 Å². The molecule has 0 radical (unpaired) electrons. The molecule has 3 heterocycles. The van der Waals surface area contributed by atoms with Crippen molar-refractivity contribution in [2.24, 2.45) is 0 Å². The number of para-hydroxylation sites is 1. The second-order valence-electron chi connectivity index (χ2n) is 7.12. The zero-order valence-electron chi connectivity index (χ0n) is 16.5. The molecule has 1 fully saturated rings. The molecule has 1 saturated heterocycles. The minimum Gasteiger partial charge on any atom is -0.369 e. The highest BCUT2D eigenvalue weighted by atomic mass is 15.3. The minimum atomic E-state index is 0.604. The lowest BCUT2D eigenvalue weighted by Crippen LogP contribution is -2.46. The fourth-order valence-corrected chi connectivity index (χ4v) is 3.61. The highest BCUT2D eigenvalue weighted by molar-refractivity contribution is 5.53. The molecule has 6 heteroatoms. The summed E-state index contributed by atoms with van der Waals surface area (Å²) in [5, 5.41) is 4.42. The van der Waals surface area contributed by atoms with Crippen molar-refractivity contribution in [3.8, 4) is 5.95 Å². The lowest BCUT2D eigenvalue weighted by molar-refractivity contribution is 0.284. The molecule has 3 aromatic rings. The molecular weight excluding hydrogens is 348 g/mol. The van der Waals surface area contributed by atoms with E-state index in [1.165, 1.54) is 11.3 Å². The Bertz CT molecular complexity index is 939. The first-order valence-corrected chi connectivity index (χ1v) is 9.74. The van der Waals surface area contributed by atoms with Crippen LogP contribution < -0.4 is 4.90 Å². The topological polar surface area (TPSA) is 50.1 Å². The van der Waals surface area contributed by atoms with E-state index in [0.717, 1.165) is 44.0 Å². The van der Waals surface area contributed by atoms with E-state index in [4.69, 9.17) is 0 Å². The Balaban J connectivity index is 1.33. The van der Waals surface area contributed by atoms with E-state index >= 15 is 0 Å². The highest BCUT2D eigenvalue weighted by Gasteiger charge is 2.17. The van der Waals surface area contributed by atoms with Crippen LogP contribution in [0.1, 0.15) is 16.8 Å². The number of benzene rings is 1. The first-order valence-electron chi connectivity index (χ1n) is 9.74. The molecule has 2 aromatic heterocycles. The molecule has 144 valence electrons. The van der Waals surface area contributed by atoms with Gasteiger partial charge in [0.2, 0.25) is 0 Å². The van der Waals surface area contributed by atoms with Gasteiger partial charge in [-0.2, -0.15) is 5.10 Å². The summed E-state index contributed by atoms with van der Waals surface area (Å²) < 4.78 is 1.78. The molecule has 28 heavy (non-hydrogen) atoms. The van der Waals surface area contributed by atoms with E-state index in [0.29, 0.717) is 5.95 Å². The molecule has 0 aliphatic carbocycles. The maximum absolute atomic E-state index is 4.42. The Labute approximate surface area is 166 Å². The van der Waals surface area contributed by atoms with Crippen LogP contribution in [0.4, 0.5) is 5.69 Å². The van der Waals surface area contributed by atoms with Gasteiger partial charge in [-0.3, -0.25) is 4.90 Å². The van der Waals surface area contributed by atoms with Gasteiger partial charge in [-0.05, 0) is 31.5 Å². The van der Waals surface area contributed by atoms with Gasteiger partial charge in [0.1, 0.15) is 0 Å². The number of hydrogen-bond donors (Lipinski definition) is 0. The summed E-state index contributed by atoms with van der Waals surface area (Å²) in [6.45, 7) is 9.48. The molecule has 0 saturated carbocycles. The standard InChI is InChI=1S/C22H26N6/c1-18-7-3-4-9-21(18)27-15-13-26(14-16-27)12-5-8-20-17-25-28(19(20)2)22-23-10-6-11-24-22/h3-11,17H,12-16H2,1-2H3. The second-order valence-corrected chi connectivity index (χ2v) is 7.12. The van der Waals surface area contributed by atoms with Crippen LogP contribution in [0.5, 0.6) is 0 Å². The zero-order chi connectivity index (χ0) is 19.3. The molecule has 0 amide bonds. The van der Waals surface area contributed by atoms with Crippen LogP contribution >= 0.6 is 0 Å². The van der Waals surface area contributed by atoms with Gasteiger partial charge in [-0.1, -0.05) is 30.4 Å². The average Bonchev–Trinajstić information content (AvgIpc) is 3.10. The molecule has 0 N–H and O–H groups in total. The molecule has 1 aromatic carbocycles. The molecule has 0 bridgehead atoms. The Kier molecular flexibility index (Phi) is 5.48. The number of aromatic nitrogens is 4. The van der Waals surface area contributed by atoms with Crippen LogP contribution in [-0.2, 0) is 0 Å². The van der Waals surface area contributed by atoms with Crippen LogP contribution in [0.3, 0.4) is 0 Å². The summed E-state index contributed by atoms with van der Waals surface area (Å²) in [6.07, 6.45) is 9.71. The van der Waals surface area contributed by atoms with Gasteiger partial charge in [-0.15, -0.1) is 0 Å². The monoisotopic (exact) mass is 374 g/mol. The number of piperazine rings is 1. The molecule has 6 nitrogen and oxygen atoms in total. The second kappa shape index (κ2) is 8.35. The predicted octanol–water partition coefficient (Wildman–Crippen LogP) is 3.11. The zero-order valence-corrected chi connectivity index (χ0v) is 16.5. The third kappa shape index (κ3) is 3.97. The van der Waals surface area contributed by atoms with E-state index < -0.39 is 0 Å². The largest absolute Gasteiger partial charge is 0.369 e. The van der Waals surface area contributed by atoms with Gasteiger partial charge in [0.05, 0.1) is 11.9 Å². The van der Waals surface area contributed by atoms with Crippen molar-refractivity contribution in [1.82, 2.24) is 24.6 Å². The predicted molar refractivity (Wildman–Crippen MR) is 113 cm³/mol. The molecule has 1 aliphatic rings. The molecule has 1 aliphatic heterocycles. The first kappa shape index (κ1) is 18.4. The average molecular weight is 374 g/mol. The summed E-state index contributed by atoms with van der Waals surface area (Å²) in [5.74, 6) is 0.604. The lowest BCUT2D eigenvalue weighted by atomic mass is 10.1. The van der Waals surface area contributed by atoms with Crippen molar-refractivity contribution in [3.63, 3.8) is 0 Å². The minimum absolute atomic E-state index is 0.604. The number of nitrogens with zero attached hydrogens (tertiary/aromatic N) is 6. The van der Waals surface area contributed by atoms with Crippen molar-refractivity contribution < 1.29 is 0 Å². The smallest absolute Gasteiger partial charge is 0.250 e. The van der Waals surface area contributed by atoms with Crippen molar-refractivity contribution in [2.75, 3.05) is 37.6 Å². The number of anilines is 1. The normalized spacial score (nSPS) is 15.4. The van der Waals surface area contributed by atoms with Gasteiger partial charge in [0.25, 0.3) is 5.95 Å². The number of rotatable bonds is 5. The van der Waals surface area contributed by atoms with Gasteiger partial charge in [0.15, 0.2) is 0 Å². The third-order valence-electron chi connectivity index (χ3n) is 5.28. The van der Waals surface area contributed by atoms with E-state index in [-0.39, 0.29) is 0 Å². The molecule has 0 spiro atoms. The van der Waals surface area contributed by atoms with Crippen molar-refractivity contribution in [2.45, 2.75) is 13.8 Å². The summed E-state index contributed by atoms with van der Waals surface area (Å²) in [7, 11) is 0. The van der Waals surface area contributed by atoms with Crippen molar-refractivity contribution in [3.05, 3.63) is 71.8 Å². The SMILES string of the molecule is Cc1ccccc1N1CCN(CC=Cc2cnn(-c3ncccn3)c2C)CC1. The molecule has 4 rings (SSSR count). The van der Waals surface area contributed by atoms with Crippen LogP contribution in [0.15, 0.2) is 55.0 Å². The Hall–Kier alpha value is -2.99. The highest BCUT2D eigenvalue weighted by Crippen LogP contribution is 2.20. The van der Waals surface area contributed by atoms with Crippen LogP contribution in [0, 0.1) is 13.8 Å². The van der Waals surface area contributed by atoms with Crippen LogP contribution in [-0.4, -0.2) is 57.4 Å². The Morgan fingerprint density at radius 1 is 0.964 bits per heavy atom. The van der Waals surface area contributed by atoms with Gasteiger partial charge >= 0.3 is 0 Å². The molecule has 0 atom stereocenters. The van der Waals surface area contributed by atoms with E-state index in [1.54, 1.807) is 17.1 Å². The Morgan fingerprint density at radius 3 is 2.46 bits per heavy atom. The molecule has 0 unspecified atom stereocenters. The van der Waals surface area contributed by atoms with Crippen molar-refractivity contribution in [1.29, 1.82) is 0 Å². The third-order valence-corrected chi connectivity index (χ3v) is 5.28. The fourth-order valence-electron chi connectivity index (χ4n) is 3.61. The summed E-state index contributed by atoms with van der Waals surface area (Å²) in [5.41, 5.74) is 4.87. The fraction of sp³-hybridized carbons (Fsp3) is 0.318. The number of hydrogen-bond acceptors (Lipinski definition) is 5. The van der Waals surface area contributed by atoms with Crippen molar-refractivity contribution >= 4 is 11.8 Å². The maximum Gasteiger partial charge on any atom is 0.250 e. The summed E-state index contributed by atoms with van der Waals surface area (Å²) >= 11 is 0. The lowest BCUT2D eigenvalue weighted by Gasteiger charge is -2.36. The maximum atomic E-state index is 4.42.